The van der Waals surface area contributed by atoms with Gasteiger partial charge in [-0.05, 0) is 55.6 Å². The Hall–Kier alpha value is -1.35. The molecule has 1 heterocycles. The Labute approximate surface area is 143 Å². The van der Waals surface area contributed by atoms with Gasteiger partial charge in [0.1, 0.15) is 0 Å². The van der Waals surface area contributed by atoms with E-state index in [1.165, 1.54) is 12.8 Å². The van der Waals surface area contributed by atoms with Crippen LogP contribution in [-0.2, 0) is 12.0 Å². The molecule has 3 rings (SSSR count). The standard InChI is InChI=1S/C20H24ClNO/c21-19-10-8-17(9-11-19)16-20(23,18-6-2-1-3-7-18)12-15-22-13-4-5-14-22/h1-3,6-11,23H,4-5,12-16H2. The number of rotatable bonds is 6. The SMILES string of the molecule is OC(CCN1CCCC1)(Cc1ccc(Cl)cc1)c1ccccc1. The van der Waals surface area contributed by atoms with E-state index < -0.39 is 5.60 Å². The van der Waals surface area contributed by atoms with Crippen molar-refractivity contribution in [2.24, 2.45) is 0 Å². The Bertz CT molecular complexity index is 607. The molecule has 0 spiro atoms. The van der Waals surface area contributed by atoms with E-state index in [2.05, 4.69) is 4.90 Å². The van der Waals surface area contributed by atoms with Crippen molar-refractivity contribution in [3.8, 4) is 0 Å². The lowest BCUT2D eigenvalue weighted by Crippen LogP contribution is -2.34. The Kier molecular flexibility index (Phi) is 5.37. The van der Waals surface area contributed by atoms with E-state index in [-0.39, 0.29) is 0 Å². The van der Waals surface area contributed by atoms with Crippen LogP contribution in [0.4, 0.5) is 0 Å². The molecule has 0 aliphatic carbocycles. The van der Waals surface area contributed by atoms with Crippen LogP contribution in [0.3, 0.4) is 0 Å². The maximum absolute atomic E-state index is 11.4. The van der Waals surface area contributed by atoms with Gasteiger partial charge in [-0.25, -0.2) is 0 Å². The van der Waals surface area contributed by atoms with Crippen LogP contribution < -0.4 is 0 Å². The molecule has 0 bridgehead atoms. The molecular weight excluding hydrogens is 306 g/mol. The summed E-state index contributed by atoms with van der Waals surface area (Å²) in [7, 11) is 0. The fourth-order valence-corrected chi connectivity index (χ4v) is 3.50. The largest absolute Gasteiger partial charge is 0.385 e. The molecule has 2 aromatic carbocycles. The van der Waals surface area contributed by atoms with Crippen molar-refractivity contribution in [1.29, 1.82) is 0 Å². The molecule has 0 amide bonds. The molecular formula is C20H24ClNO. The maximum Gasteiger partial charge on any atom is 0.0948 e. The summed E-state index contributed by atoms with van der Waals surface area (Å²) < 4.78 is 0. The molecule has 1 aliphatic heterocycles. The van der Waals surface area contributed by atoms with Crippen LogP contribution in [0.25, 0.3) is 0 Å². The van der Waals surface area contributed by atoms with Gasteiger partial charge in [0.2, 0.25) is 0 Å². The quantitative estimate of drug-likeness (QED) is 0.856. The average molecular weight is 330 g/mol. The van der Waals surface area contributed by atoms with Crippen molar-refractivity contribution >= 4 is 11.6 Å². The Morgan fingerprint density at radius 2 is 1.61 bits per heavy atom. The fourth-order valence-electron chi connectivity index (χ4n) is 3.37. The summed E-state index contributed by atoms with van der Waals surface area (Å²) in [4.78, 5) is 2.45. The van der Waals surface area contributed by atoms with Crippen molar-refractivity contribution in [1.82, 2.24) is 4.90 Å². The normalized spacial score (nSPS) is 18.0. The van der Waals surface area contributed by atoms with Crippen LogP contribution in [-0.4, -0.2) is 29.6 Å². The van der Waals surface area contributed by atoms with E-state index in [4.69, 9.17) is 11.6 Å². The molecule has 2 aromatic rings. The minimum atomic E-state index is -0.836. The zero-order valence-electron chi connectivity index (χ0n) is 13.4. The molecule has 1 fully saturated rings. The third-order valence-corrected chi connectivity index (χ3v) is 5.01. The summed E-state index contributed by atoms with van der Waals surface area (Å²) in [5.74, 6) is 0. The highest BCUT2D eigenvalue weighted by Gasteiger charge is 2.30. The number of nitrogens with zero attached hydrogens (tertiary/aromatic N) is 1. The first kappa shape index (κ1) is 16.5. The maximum atomic E-state index is 11.4. The fraction of sp³-hybridized carbons (Fsp3) is 0.400. The highest BCUT2D eigenvalue weighted by Crippen LogP contribution is 2.30. The van der Waals surface area contributed by atoms with Crippen molar-refractivity contribution < 1.29 is 5.11 Å². The smallest absolute Gasteiger partial charge is 0.0948 e. The number of hydrogen-bond acceptors (Lipinski definition) is 2. The first-order chi connectivity index (χ1) is 11.2. The number of likely N-dealkylation sites (tertiary alicyclic amines) is 1. The van der Waals surface area contributed by atoms with Gasteiger partial charge in [-0.3, -0.25) is 0 Å². The lowest BCUT2D eigenvalue weighted by atomic mass is 9.84. The van der Waals surface area contributed by atoms with E-state index >= 15 is 0 Å². The van der Waals surface area contributed by atoms with E-state index in [1.54, 1.807) is 0 Å². The van der Waals surface area contributed by atoms with Crippen molar-refractivity contribution in [3.05, 3.63) is 70.7 Å². The van der Waals surface area contributed by atoms with Gasteiger partial charge in [-0.1, -0.05) is 54.1 Å². The zero-order chi connectivity index (χ0) is 16.1. The van der Waals surface area contributed by atoms with Crippen LogP contribution in [0.15, 0.2) is 54.6 Å². The third kappa shape index (κ3) is 4.35. The summed E-state index contributed by atoms with van der Waals surface area (Å²) in [6.07, 6.45) is 3.92. The first-order valence-electron chi connectivity index (χ1n) is 8.40. The van der Waals surface area contributed by atoms with Crippen molar-refractivity contribution in [2.45, 2.75) is 31.3 Å². The molecule has 1 unspecified atom stereocenters. The highest BCUT2D eigenvalue weighted by molar-refractivity contribution is 6.30. The predicted molar refractivity (Wildman–Crippen MR) is 95.8 cm³/mol. The van der Waals surface area contributed by atoms with E-state index in [9.17, 15) is 5.11 Å². The van der Waals surface area contributed by atoms with Crippen molar-refractivity contribution in [3.63, 3.8) is 0 Å². The summed E-state index contributed by atoms with van der Waals surface area (Å²) in [6.45, 7) is 3.26. The Morgan fingerprint density at radius 3 is 2.26 bits per heavy atom. The molecule has 1 aliphatic rings. The number of benzene rings is 2. The monoisotopic (exact) mass is 329 g/mol. The van der Waals surface area contributed by atoms with Gasteiger partial charge in [0.05, 0.1) is 5.60 Å². The molecule has 23 heavy (non-hydrogen) atoms. The van der Waals surface area contributed by atoms with Crippen LogP contribution in [0.1, 0.15) is 30.4 Å². The second kappa shape index (κ2) is 7.48. The lowest BCUT2D eigenvalue weighted by molar-refractivity contribution is 0.0192. The molecule has 1 saturated heterocycles. The lowest BCUT2D eigenvalue weighted by Gasteiger charge is -2.31. The van der Waals surface area contributed by atoms with Gasteiger partial charge in [0.25, 0.3) is 0 Å². The van der Waals surface area contributed by atoms with Gasteiger partial charge >= 0.3 is 0 Å². The third-order valence-electron chi connectivity index (χ3n) is 4.76. The van der Waals surface area contributed by atoms with E-state index in [0.717, 1.165) is 42.2 Å². The van der Waals surface area contributed by atoms with Crippen LogP contribution in [0, 0.1) is 0 Å². The first-order valence-corrected chi connectivity index (χ1v) is 8.78. The molecule has 1 N–H and O–H groups in total. The van der Waals surface area contributed by atoms with Gasteiger partial charge < -0.3 is 10.0 Å². The number of hydrogen-bond donors (Lipinski definition) is 1. The van der Waals surface area contributed by atoms with Crippen molar-refractivity contribution in [2.75, 3.05) is 19.6 Å². The van der Waals surface area contributed by atoms with Crippen LogP contribution in [0.5, 0.6) is 0 Å². The summed E-state index contributed by atoms with van der Waals surface area (Å²) >= 11 is 5.98. The van der Waals surface area contributed by atoms with Gasteiger partial charge in [0, 0.05) is 18.0 Å². The highest BCUT2D eigenvalue weighted by atomic mass is 35.5. The van der Waals surface area contributed by atoms with E-state index in [0.29, 0.717) is 6.42 Å². The Morgan fingerprint density at radius 1 is 0.957 bits per heavy atom. The second-order valence-corrected chi connectivity index (χ2v) is 6.94. The predicted octanol–water partition coefficient (Wildman–Crippen LogP) is 4.26. The van der Waals surface area contributed by atoms with E-state index in [1.807, 2.05) is 54.6 Å². The second-order valence-electron chi connectivity index (χ2n) is 6.50. The molecule has 2 nitrogen and oxygen atoms in total. The summed E-state index contributed by atoms with van der Waals surface area (Å²) in [6, 6.07) is 17.8. The number of aliphatic hydroxyl groups is 1. The molecule has 0 radical (unpaired) electrons. The summed E-state index contributed by atoms with van der Waals surface area (Å²) in [5.41, 5.74) is 1.27. The average Bonchev–Trinajstić information content (AvgIpc) is 3.10. The molecule has 1 atom stereocenters. The van der Waals surface area contributed by atoms with Gasteiger partial charge in [-0.15, -0.1) is 0 Å². The van der Waals surface area contributed by atoms with Gasteiger partial charge in [-0.2, -0.15) is 0 Å². The minimum absolute atomic E-state index is 0.613. The Balaban J connectivity index is 1.78. The number of halogens is 1. The molecule has 0 saturated carbocycles. The molecule has 0 aromatic heterocycles. The molecule has 122 valence electrons. The zero-order valence-corrected chi connectivity index (χ0v) is 14.2. The minimum Gasteiger partial charge on any atom is -0.385 e. The van der Waals surface area contributed by atoms with Gasteiger partial charge in [0.15, 0.2) is 0 Å². The summed E-state index contributed by atoms with van der Waals surface area (Å²) in [5, 5.41) is 12.1. The molecule has 3 heteroatoms. The topological polar surface area (TPSA) is 23.5 Å². The van der Waals surface area contributed by atoms with Crippen LogP contribution >= 0.6 is 11.6 Å². The van der Waals surface area contributed by atoms with Crippen LogP contribution in [0.2, 0.25) is 5.02 Å².